The van der Waals surface area contributed by atoms with E-state index in [1.807, 2.05) is 0 Å². The summed E-state index contributed by atoms with van der Waals surface area (Å²) in [4.78, 5) is 15.3. The van der Waals surface area contributed by atoms with Crippen molar-refractivity contribution >= 4 is 17.5 Å². The number of hydrogen-bond acceptors (Lipinski definition) is 2. The third kappa shape index (κ3) is 4.00. The number of amides is 1. The average molecular weight is 255 g/mol. The van der Waals surface area contributed by atoms with Gasteiger partial charge >= 0.3 is 0 Å². The van der Waals surface area contributed by atoms with E-state index in [1.54, 1.807) is 12.1 Å². The van der Waals surface area contributed by atoms with Gasteiger partial charge in [-0.25, -0.2) is 4.98 Å². The van der Waals surface area contributed by atoms with Crippen molar-refractivity contribution in [2.75, 3.05) is 0 Å². The van der Waals surface area contributed by atoms with Crippen LogP contribution in [0.4, 0.5) is 0 Å². The van der Waals surface area contributed by atoms with Crippen LogP contribution in [-0.4, -0.2) is 10.9 Å². The zero-order valence-corrected chi connectivity index (χ0v) is 11.1. The van der Waals surface area contributed by atoms with Gasteiger partial charge in [0.1, 0.15) is 5.69 Å². The first-order valence-electron chi connectivity index (χ1n) is 6.02. The molecule has 1 atom stereocenters. The molecule has 4 heteroatoms. The van der Waals surface area contributed by atoms with E-state index in [-0.39, 0.29) is 11.6 Å². The van der Waals surface area contributed by atoms with E-state index >= 15 is 0 Å². The Morgan fingerprint density at radius 2 is 2.18 bits per heavy atom. The van der Waals surface area contributed by atoms with Gasteiger partial charge in [-0.3, -0.25) is 4.79 Å². The van der Waals surface area contributed by atoms with Gasteiger partial charge < -0.3 is 5.73 Å². The number of nitrogens with two attached hydrogens (primary N) is 1. The van der Waals surface area contributed by atoms with Crippen LogP contribution in [-0.2, 0) is 0 Å². The fraction of sp³-hybridized carbons (Fsp3) is 0.538. The number of nitrogens with zero attached hydrogens (tertiary/aromatic N) is 1. The summed E-state index contributed by atoms with van der Waals surface area (Å²) in [5, 5.41) is 0.610. The number of unbranched alkanes of at least 4 members (excludes halogenated alkanes) is 2. The molecule has 0 aliphatic heterocycles. The minimum absolute atomic E-state index is 0.258. The summed E-state index contributed by atoms with van der Waals surface area (Å²) in [5.74, 6) is -0.253. The van der Waals surface area contributed by atoms with Crippen LogP contribution in [0.5, 0.6) is 0 Å². The third-order valence-corrected chi connectivity index (χ3v) is 3.15. The lowest BCUT2D eigenvalue weighted by Crippen LogP contribution is -2.14. The van der Waals surface area contributed by atoms with E-state index < -0.39 is 5.91 Å². The largest absolute Gasteiger partial charge is 0.364 e. The van der Waals surface area contributed by atoms with E-state index in [1.165, 1.54) is 12.8 Å². The molecule has 0 bridgehead atoms. The van der Waals surface area contributed by atoms with Crippen LogP contribution in [0.1, 0.15) is 61.6 Å². The van der Waals surface area contributed by atoms with Crippen molar-refractivity contribution in [2.45, 2.75) is 45.4 Å². The lowest BCUT2D eigenvalue weighted by Gasteiger charge is -2.13. The molecule has 1 rings (SSSR count). The highest BCUT2D eigenvalue weighted by atomic mass is 35.5. The van der Waals surface area contributed by atoms with Crippen molar-refractivity contribution in [3.63, 3.8) is 0 Å². The second-order valence-corrected chi connectivity index (χ2v) is 4.73. The highest BCUT2D eigenvalue weighted by molar-refractivity contribution is 6.31. The standard InChI is InChI=1S/C13H19ClN2O/c1-3-4-5-6-9(2)12-10(14)7-8-11(16-12)13(15)17/h7-9H,3-6H2,1-2H3,(H2,15,17). The molecule has 0 radical (unpaired) electrons. The Morgan fingerprint density at radius 3 is 2.76 bits per heavy atom. The van der Waals surface area contributed by atoms with E-state index in [0.29, 0.717) is 5.02 Å². The first-order chi connectivity index (χ1) is 8.06. The van der Waals surface area contributed by atoms with Crippen LogP contribution in [0.2, 0.25) is 5.02 Å². The molecule has 3 nitrogen and oxygen atoms in total. The number of rotatable bonds is 6. The fourth-order valence-electron chi connectivity index (χ4n) is 1.78. The topological polar surface area (TPSA) is 56.0 Å². The van der Waals surface area contributed by atoms with Gasteiger partial charge in [0.05, 0.1) is 10.7 Å². The van der Waals surface area contributed by atoms with Crippen molar-refractivity contribution in [1.82, 2.24) is 4.98 Å². The van der Waals surface area contributed by atoms with Gasteiger partial charge in [0.15, 0.2) is 0 Å². The van der Waals surface area contributed by atoms with Crippen molar-refractivity contribution in [3.8, 4) is 0 Å². The zero-order valence-electron chi connectivity index (χ0n) is 10.4. The zero-order chi connectivity index (χ0) is 12.8. The number of carbonyl (C=O) groups is 1. The van der Waals surface area contributed by atoms with E-state index in [0.717, 1.165) is 18.5 Å². The molecule has 1 unspecified atom stereocenters. The second kappa shape index (κ2) is 6.60. The summed E-state index contributed by atoms with van der Waals surface area (Å²) in [6, 6.07) is 3.26. The number of hydrogen-bond donors (Lipinski definition) is 1. The summed E-state index contributed by atoms with van der Waals surface area (Å²) in [6.07, 6.45) is 4.58. The molecular weight excluding hydrogens is 236 g/mol. The molecule has 0 aliphatic carbocycles. The molecule has 0 saturated heterocycles. The molecule has 0 fully saturated rings. The Bertz CT molecular complexity index is 393. The second-order valence-electron chi connectivity index (χ2n) is 4.32. The van der Waals surface area contributed by atoms with Crippen LogP contribution >= 0.6 is 11.6 Å². The highest BCUT2D eigenvalue weighted by Crippen LogP contribution is 2.26. The number of halogens is 1. The Hall–Kier alpha value is -1.09. The predicted molar refractivity (Wildman–Crippen MR) is 70.3 cm³/mol. The van der Waals surface area contributed by atoms with Gasteiger partial charge in [-0.15, -0.1) is 0 Å². The summed E-state index contributed by atoms with van der Waals surface area (Å²) in [5.41, 5.74) is 6.27. The number of aromatic nitrogens is 1. The number of carbonyl (C=O) groups excluding carboxylic acids is 1. The molecule has 1 aromatic heterocycles. The van der Waals surface area contributed by atoms with Gasteiger partial charge in [0.25, 0.3) is 5.91 Å². The first-order valence-corrected chi connectivity index (χ1v) is 6.40. The normalized spacial score (nSPS) is 12.4. The van der Waals surface area contributed by atoms with Gasteiger partial charge in [0.2, 0.25) is 0 Å². The lowest BCUT2D eigenvalue weighted by molar-refractivity contribution is 0.0995. The first kappa shape index (κ1) is 14.0. The molecule has 0 aliphatic rings. The molecule has 0 spiro atoms. The number of primary amides is 1. The Balaban J connectivity index is 2.80. The highest BCUT2D eigenvalue weighted by Gasteiger charge is 2.13. The maximum Gasteiger partial charge on any atom is 0.267 e. The van der Waals surface area contributed by atoms with E-state index in [4.69, 9.17) is 17.3 Å². The lowest BCUT2D eigenvalue weighted by atomic mass is 9.99. The summed E-state index contributed by atoms with van der Waals surface area (Å²) in [6.45, 7) is 4.25. The van der Waals surface area contributed by atoms with Gasteiger partial charge in [-0.05, 0) is 24.5 Å². The molecular formula is C13H19ClN2O. The van der Waals surface area contributed by atoms with Gasteiger partial charge in [0, 0.05) is 0 Å². The summed E-state index contributed by atoms with van der Waals surface area (Å²) >= 11 is 6.09. The van der Waals surface area contributed by atoms with Crippen LogP contribution in [0, 0.1) is 0 Å². The van der Waals surface area contributed by atoms with Crippen molar-refractivity contribution in [1.29, 1.82) is 0 Å². The maximum atomic E-state index is 11.1. The smallest absolute Gasteiger partial charge is 0.267 e. The maximum absolute atomic E-state index is 11.1. The Labute approximate surface area is 107 Å². The van der Waals surface area contributed by atoms with Gasteiger partial charge in [-0.1, -0.05) is 44.7 Å². The van der Waals surface area contributed by atoms with E-state index in [9.17, 15) is 4.79 Å². The molecule has 2 N–H and O–H groups in total. The monoisotopic (exact) mass is 254 g/mol. The van der Waals surface area contributed by atoms with E-state index in [2.05, 4.69) is 18.8 Å². The molecule has 1 heterocycles. The van der Waals surface area contributed by atoms with Crippen LogP contribution < -0.4 is 5.73 Å². The van der Waals surface area contributed by atoms with Crippen molar-refractivity contribution in [3.05, 3.63) is 28.5 Å². The molecule has 1 aromatic rings. The van der Waals surface area contributed by atoms with Crippen molar-refractivity contribution < 1.29 is 4.79 Å². The van der Waals surface area contributed by atoms with Gasteiger partial charge in [-0.2, -0.15) is 0 Å². The summed E-state index contributed by atoms with van der Waals surface area (Å²) in [7, 11) is 0. The van der Waals surface area contributed by atoms with Crippen LogP contribution in [0.25, 0.3) is 0 Å². The SMILES string of the molecule is CCCCCC(C)c1nc(C(N)=O)ccc1Cl. The Kier molecular flexibility index (Phi) is 5.42. The average Bonchev–Trinajstić information content (AvgIpc) is 2.29. The minimum atomic E-state index is -0.510. The summed E-state index contributed by atoms with van der Waals surface area (Å²) < 4.78 is 0. The number of pyridine rings is 1. The minimum Gasteiger partial charge on any atom is -0.364 e. The molecule has 94 valence electrons. The molecule has 1 amide bonds. The molecule has 0 saturated carbocycles. The molecule has 17 heavy (non-hydrogen) atoms. The molecule has 0 aromatic carbocycles. The Morgan fingerprint density at radius 1 is 1.47 bits per heavy atom. The van der Waals surface area contributed by atoms with Crippen molar-refractivity contribution in [2.24, 2.45) is 5.73 Å². The third-order valence-electron chi connectivity index (χ3n) is 2.83. The quantitative estimate of drug-likeness (QED) is 0.790. The van der Waals surface area contributed by atoms with Crippen LogP contribution in [0.3, 0.4) is 0 Å². The fourth-order valence-corrected chi connectivity index (χ4v) is 2.07. The predicted octanol–water partition coefficient (Wildman–Crippen LogP) is 3.52. The van der Waals surface area contributed by atoms with Crippen LogP contribution in [0.15, 0.2) is 12.1 Å².